The van der Waals surface area contributed by atoms with Gasteiger partial charge in [-0.2, -0.15) is 0 Å². The molecule has 0 saturated heterocycles. The van der Waals surface area contributed by atoms with Gasteiger partial charge in [-0.05, 0) is 18.6 Å². The maximum atomic E-state index is 8.75. The van der Waals surface area contributed by atoms with Gasteiger partial charge in [-0.25, -0.2) is 0 Å². The average molecular weight is 336 g/mol. The van der Waals surface area contributed by atoms with E-state index in [1.54, 1.807) is 16.8 Å². The summed E-state index contributed by atoms with van der Waals surface area (Å²) in [6.45, 7) is 1.24. The molecule has 2 N–H and O–H groups in total. The maximum absolute atomic E-state index is 8.75. The molecule has 0 fully saturated rings. The van der Waals surface area contributed by atoms with Crippen LogP contribution in [0, 0.1) is 0 Å². The second kappa shape index (κ2) is 7.13. The summed E-state index contributed by atoms with van der Waals surface area (Å²) >= 11 is 17.9. The van der Waals surface area contributed by atoms with Crippen LogP contribution >= 0.6 is 34.8 Å². The van der Waals surface area contributed by atoms with E-state index in [0.29, 0.717) is 40.3 Å². The molecular weight excluding hydrogens is 323 g/mol. The molecule has 2 aromatic rings. The minimum Gasteiger partial charge on any atom is -0.396 e. The molecule has 0 unspecified atom stereocenters. The molecule has 20 heavy (non-hydrogen) atoms. The molecule has 1 aromatic heterocycles. The molecule has 1 aromatic carbocycles. The van der Waals surface area contributed by atoms with E-state index in [1.807, 2.05) is 6.20 Å². The molecule has 0 atom stereocenters. The standard InChI is InChI=1S/C12H13Cl3N4O/c13-9-4-11(15)12(5-10(9)14)16-6-8-7-19(18-17-8)2-1-3-20/h4-5,7,16,20H,1-3,6H2. The fraction of sp³-hybridized carbons (Fsp3) is 0.333. The molecule has 0 bridgehead atoms. The van der Waals surface area contributed by atoms with Crippen LogP contribution in [0.25, 0.3) is 0 Å². The lowest BCUT2D eigenvalue weighted by molar-refractivity contribution is 0.276. The number of hydrogen-bond donors (Lipinski definition) is 2. The predicted octanol–water partition coefficient (Wildman–Crippen LogP) is 3.23. The van der Waals surface area contributed by atoms with Crippen molar-refractivity contribution in [3.05, 3.63) is 39.1 Å². The van der Waals surface area contributed by atoms with Crippen LogP contribution < -0.4 is 5.32 Å². The highest BCUT2D eigenvalue weighted by molar-refractivity contribution is 6.44. The van der Waals surface area contributed by atoms with Crippen molar-refractivity contribution in [2.75, 3.05) is 11.9 Å². The predicted molar refractivity (Wildman–Crippen MR) is 80.5 cm³/mol. The first-order chi connectivity index (χ1) is 9.60. The zero-order valence-electron chi connectivity index (χ0n) is 10.5. The normalized spacial score (nSPS) is 10.8. The van der Waals surface area contributed by atoms with Crippen LogP contribution in [0.2, 0.25) is 15.1 Å². The molecule has 0 aliphatic rings. The lowest BCUT2D eigenvalue weighted by Gasteiger charge is -2.08. The Morgan fingerprint density at radius 3 is 2.65 bits per heavy atom. The number of hydrogen-bond acceptors (Lipinski definition) is 4. The van der Waals surface area contributed by atoms with Crippen molar-refractivity contribution in [3.8, 4) is 0 Å². The molecule has 0 spiro atoms. The SMILES string of the molecule is OCCCn1cc(CNc2cc(Cl)c(Cl)cc2Cl)nn1. The Morgan fingerprint density at radius 2 is 1.90 bits per heavy atom. The number of anilines is 1. The topological polar surface area (TPSA) is 63.0 Å². The van der Waals surface area contributed by atoms with E-state index in [-0.39, 0.29) is 6.61 Å². The van der Waals surface area contributed by atoms with Gasteiger partial charge in [-0.3, -0.25) is 4.68 Å². The average Bonchev–Trinajstić information content (AvgIpc) is 2.87. The number of rotatable bonds is 6. The molecule has 0 aliphatic heterocycles. The highest BCUT2D eigenvalue weighted by Gasteiger charge is 2.07. The second-order valence-electron chi connectivity index (χ2n) is 4.15. The first-order valence-corrected chi connectivity index (χ1v) is 7.12. The van der Waals surface area contributed by atoms with E-state index in [0.717, 1.165) is 5.69 Å². The largest absolute Gasteiger partial charge is 0.396 e. The Hall–Kier alpha value is -1.01. The first kappa shape index (κ1) is 15.4. The van der Waals surface area contributed by atoms with Crippen molar-refractivity contribution in [1.82, 2.24) is 15.0 Å². The zero-order chi connectivity index (χ0) is 14.5. The van der Waals surface area contributed by atoms with Crippen molar-refractivity contribution < 1.29 is 5.11 Å². The molecule has 108 valence electrons. The number of aryl methyl sites for hydroxylation is 1. The fourth-order valence-corrected chi connectivity index (χ4v) is 2.22. The van der Waals surface area contributed by atoms with E-state index in [1.165, 1.54) is 0 Å². The van der Waals surface area contributed by atoms with Crippen LogP contribution in [0.3, 0.4) is 0 Å². The maximum Gasteiger partial charge on any atom is 0.102 e. The minimum absolute atomic E-state index is 0.131. The summed E-state index contributed by atoms with van der Waals surface area (Å²) in [5, 5.41) is 21.2. The molecule has 1 heterocycles. The molecule has 0 saturated carbocycles. The van der Waals surface area contributed by atoms with Crippen molar-refractivity contribution in [2.45, 2.75) is 19.5 Å². The van der Waals surface area contributed by atoms with Crippen molar-refractivity contribution >= 4 is 40.5 Å². The first-order valence-electron chi connectivity index (χ1n) is 5.98. The van der Waals surface area contributed by atoms with Crippen LogP contribution in [0.15, 0.2) is 18.3 Å². The molecular formula is C12H13Cl3N4O. The summed E-state index contributed by atoms with van der Waals surface area (Å²) < 4.78 is 1.68. The number of aliphatic hydroxyl groups excluding tert-OH is 1. The lowest BCUT2D eigenvalue weighted by atomic mass is 10.3. The molecule has 5 nitrogen and oxygen atoms in total. The number of nitrogens with zero attached hydrogens (tertiary/aromatic N) is 3. The number of benzene rings is 1. The van der Waals surface area contributed by atoms with Gasteiger partial charge in [-0.1, -0.05) is 40.0 Å². The van der Waals surface area contributed by atoms with Crippen molar-refractivity contribution in [3.63, 3.8) is 0 Å². The van der Waals surface area contributed by atoms with Gasteiger partial charge >= 0.3 is 0 Å². The molecule has 0 aliphatic carbocycles. The summed E-state index contributed by atoms with van der Waals surface area (Å²) in [6.07, 6.45) is 2.46. The Bertz CT molecular complexity index is 588. The van der Waals surface area contributed by atoms with E-state index in [2.05, 4.69) is 15.6 Å². The Labute approximate surface area is 131 Å². The smallest absolute Gasteiger partial charge is 0.102 e. The number of nitrogens with one attached hydrogen (secondary N) is 1. The van der Waals surface area contributed by atoms with Crippen LogP contribution in [0.5, 0.6) is 0 Å². The number of aliphatic hydroxyl groups is 1. The van der Waals surface area contributed by atoms with Gasteiger partial charge in [0.05, 0.1) is 33.5 Å². The molecule has 8 heteroatoms. The third-order valence-electron chi connectivity index (χ3n) is 2.60. The highest BCUT2D eigenvalue weighted by Crippen LogP contribution is 2.32. The lowest BCUT2D eigenvalue weighted by Crippen LogP contribution is -2.01. The fourth-order valence-electron chi connectivity index (χ4n) is 1.61. The third-order valence-corrected chi connectivity index (χ3v) is 3.64. The summed E-state index contributed by atoms with van der Waals surface area (Å²) in [6, 6.07) is 3.26. The third kappa shape index (κ3) is 3.99. The van der Waals surface area contributed by atoms with Gasteiger partial charge in [0.25, 0.3) is 0 Å². The van der Waals surface area contributed by atoms with E-state index in [9.17, 15) is 0 Å². The minimum atomic E-state index is 0.131. The number of aromatic nitrogens is 3. The molecule has 0 amide bonds. The summed E-state index contributed by atoms with van der Waals surface area (Å²) in [5.41, 5.74) is 1.45. The summed E-state index contributed by atoms with van der Waals surface area (Å²) in [7, 11) is 0. The highest BCUT2D eigenvalue weighted by atomic mass is 35.5. The van der Waals surface area contributed by atoms with E-state index < -0.39 is 0 Å². The van der Waals surface area contributed by atoms with E-state index >= 15 is 0 Å². The van der Waals surface area contributed by atoms with Crippen LogP contribution in [0.4, 0.5) is 5.69 Å². The van der Waals surface area contributed by atoms with Crippen LogP contribution in [-0.2, 0) is 13.1 Å². The van der Waals surface area contributed by atoms with Crippen molar-refractivity contribution in [2.24, 2.45) is 0 Å². The summed E-state index contributed by atoms with van der Waals surface area (Å²) in [5.74, 6) is 0. The number of halogens is 3. The molecule has 2 rings (SSSR count). The van der Waals surface area contributed by atoms with Crippen molar-refractivity contribution in [1.29, 1.82) is 0 Å². The monoisotopic (exact) mass is 334 g/mol. The Morgan fingerprint density at radius 1 is 1.15 bits per heavy atom. The quantitative estimate of drug-likeness (QED) is 0.796. The summed E-state index contributed by atoms with van der Waals surface area (Å²) in [4.78, 5) is 0. The van der Waals surface area contributed by atoms with Gasteiger partial charge in [0, 0.05) is 13.2 Å². The Balaban J connectivity index is 1.98. The zero-order valence-corrected chi connectivity index (χ0v) is 12.8. The Kier molecular flexibility index (Phi) is 5.48. The van der Waals surface area contributed by atoms with Gasteiger partial charge in [0.2, 0.25) is 0 Å². The van der Waals surface area contributed by atoms with E-state index in [4.69, 9.17) is 39.9 Å². The van der Waals surface area contributed by atoms with Crippen LogP contribution in [-0.4, -0.2) is 26.7 Å². The van der Waals surface area contributed by atoms with Gasteiger partial charge < -0.3 is 10.4 Å². The van der Waals surface area contributed by atoms with Crippen LogP contribution in [0.1, 0.15) is 12.1 Å². The van der Waals surface area contributed by atoms with Gasteiger partial charge in [0.1, 0.15) is 5.69 Å². The van der Waals surface area contributed by atoms with Gasteiger partial charge in [0.15, 0.2) is 0 Å². The molecule has 0 radical (unpaired) electrons. The van der Waals surface area contributed by atoms with Gasteiger partial charge in [-0.15, -0.1) is 5.10 Å². The second-order valence-corrected chi connectivity index (χ2v) is 5.37.